The van der Waals surface area contributed by atoms with Gasteiger partial charge in [-0.3, -0.25) is 0 Å². The molecule has 2 N–H and O–H groups in total. The van der Waals surface area contributed by atoms with Gasteiger partial charge in [-0.2, -0.15) is 9.97 Å². The number of benzene rings is 3. The topological polar surface area (TPSA) is 78.8 Å². The van der Waals surface area contributed by atoms with Crippen LogP contribution in [0.25, 0.3) is 11.2 Å². The van der Waals surface area contributed by atoms with Crippen LogP contribution in [-0.2, 0) is 10.3 Å². The van der Waals surface area contributed by atoms with Gasteiger partial charge in [-0.15, -0.1) is 0 Å². The minimum Gasteiger partial charge on any atom is -0.368 e. The predicted molar refractivity (Wildman–Crippen MR) is 146 cm³/mol. The summed E-state index contributed by atoms with van der Waals surface area (Å²) in [4.78, 5) is 12.8. The molecule has 6 rings (SSSR count). The fourth-order valence-corrected chi connectivity index (χ4v) is 5.44. The molecule has 1 aliphatic carbocycles. The third kappa shape index (κ3) is 4.28. The number of hydrogen-bond acceptors (Lipinski definition) is 5. The molecule has 184 valence electrons. The van der Waals surface area contributed by atoms with Crippen molar-refractivity contribution >= 4 is 28.7 Å². The molecule has 2 atom stereocenters. The first-order valence-electron chi connectivity index (χ1n) is 12.3. The molecule has 0 spiro atoms. The maximum Gasteiger partial charge on any atom is 0.223 e. The molecule has 0 aliphatic heterocycles. The minimum absolute atomic E-state index is 0.0727. The first-order chi connectivity index (χ1) is 18.1. The number of anilines is 1. The first kappa shape index (κ1) is 23.4. The van der Waals surface area contributed by atoms with Gasteiger partial charge in [0.2, 0.25) is 5.95 Å². The summed E-state index contributed by atoms with van der Waals surface area (Å²) in [7, 11) is 0. The Kier molecular flexibility index (Phi) is 6.20. The Morgan fingerprint density at radius 2 is 1.41 bits per heavy atom. The molecular formula is C30H26ClN5O. The smallest absolute Gasteiger partial charge is 0.223 e. The molecule has 0 saturated carbocycles. The van der Waals surface area contributed by atoms with E-state index in [1.807, 2.05) is 22.8 Å². The van der Waals surface area contributed by atoms with Crippen LogP contribution >= 0.6 is 11.6 Å². The summed E-state index contributed by atoms with van der Waals surface area (Å²) >= 11 is 6.24. The highest BCUT2D eigenvalue weighted by atomic mass is 35.5. The Labute approximate surface area is 220 Å². The standard InChI is InChI=1S/C30H26ClN5O/c31-27-26-28(35-29(32)34-27)36(20-33-26)25-17-16-21(18-25)19-37-30(22-10-4-1-5-11-22,23-12-6-2-7-13-23)24-14-8-3-9-15-24/h1-17,20-21,25H,18-19H2,(H2,32,34,35). The van der Waals surface area contributed by atoms with Crippen molar-refractivity contribution in [1.82, 2.24) is 19.5 Å². The van der Waals surface area contributed by atoms with Crippen molar-refractivity contribution in [2.24, 2.45) is 5.92 Å². The molecule has 0 saturated heterocycles. The minimum atomic E-state index is -0.743. The average molecular weight is 508 g/mol. The molecule has 0 radical (unpaired) electrons. The molecule has 7 heteroatoms. The van der Waals surface area contributed by atoms with Crippen LogP contribution in [0.2, 0.25) is 5.15 Å². The lowest BCUT2D eigenvalue weighted by atomic mass is 9.80. The van der Waals surface area contributed by atoms with Gasteiger partial charge in [-0.05, 0) is 23.1 Å². The van der Waals surface area contributed by atoms with Gasteiger partial charge < -0.3 is 15.0 Å². The number of nitrogens with two attached hydrogens (primary N) is 1. The monoisotopic (exact) mass is 507 g/mol. The van der Waals surface area contributed by atoms with Crippen LogP contribution in [0.1, 0.15) is 29.2 Å². The number of fused-ring (bicyclic) bond motifs is 1. The van der Waals surface area contributed by atoms with Crippen molar-refractivity contribution < 1.29 is 4.74 Å². The number of nitrogens with zero attached hydrogens (tertiary/aromatic N) is 4. The Hall–Kier alpha value is -4.00. The van der Waals surface area contributed by atoms with Gasteiger partial charge in [0.25, 0.3) is 0 Å². The van der Waals surface area contributed by atoms with Crippen LogP contribution in [0.5, 0.6) is 0 Å². The van der Waals surface area contributed by atoms with Crippen molar-refractivity contribution in [3.63, 3.8) is 0 Å². The van der Waals surface area contributed by atoms with Crippen molar-refractivity contribution in [1.29, 1.82) is 0 Å². The zero-order valence-corrected chi connectivity index (χ0v) is 20.9. The molecule has 2 unspecified atom stereocenters. The van der Waals surface area contributed by atoms with Crippen molar-refractivity contribution in [3.05, 3.63) is 131 Å². The van der Waals surface area contributed by atoms with Gasteiger partial charge in [0.15, 0.2) is 10.8 Å². The molecule has 0 bridgehead atoms. The number of nitrogen functional groups attached to an aromatic ring is 1. The van der Waals surface area contributed by atoms with Crippen LogP contribution in [0.3, 0.4) is 0 Å². The van der Waals surface area contributed by atoms with Crippen LogP contribution in [0.4, 0.5) is 5.95 Å². The second-order valence-corrected chi connectivity index (χ2v) is 9.59. The van der Waals surface area contributed by atoms with Gasteiger partial charge in [0, 0.05) is 5.92 Å². The summed E-state index contributed by atoms with van der Waals surface area (Å²) in [6.07, 6.45) is 7.00. The van der Waals surface area contributed by atoms with Crippen LogP contribution in [0.15, 0.2) is 109 Å². The Bertz CT molecular complexity index is 1440. The Morgan fingerprint density at radius 1 is 0.838 bits per heavy atom. The van der Waals surface area contributed by atoms with Crippen molar-refractivity contribution in [3.8, 4) is 0 Å². The van der Waals surface area contributed by atoms with Gasteiger partial charge in [-0.25, -0.2) is 4.98 Å². The number of imidazole rings is 1. The second-order valence-electron chi connectivity index (χ2n) is 9.23. The number of ether oxygens (including phenoxy) is 1. The third-order valence-corrected chi connectivity index (χ3v) is 7.22. The summed E-state index contributed by atoms with van der Waals surface area (Å²) in [6.45, 7) is 0.538. The van der Waals surface area contributed by atoms with E-state index in [4.69, 9.17) is 22.1 Å². The molecule has 6 nitrogen and oxygen atoms in total. The fourth-order valence-electron chi connectivity index (χ4n) is 5.22. The van der Waals surface area contributed by atoms with E-state index in [9.17, 15) is 0 Å². The molecule has 0 fully saturated rings. The second kappa shape index (κ2) is 9.81. The Morgan fingerprint density at radius 3 is 1.97 bits per heavy atom. The molecular weight excluding hydrogens is 482 g/mol. The maximum atomic E-state index is 7.02. The maximum absolute atomic E-state index is 7.02. The summed E-state index contributed by atoms with van der Waals surface area (Å²) < 4.78 is 9.03. The van der Waals surface area contributed by atoms with Gasteiger partial charge in [0.1, 0.15) is 11.1 Å². The Balaban J connectivity index is 1.32. The lowest BCUT2D eigenvalue weighted by Gasteiger charge is -2.36. The summed E-state index contributed by atoms with van der Waals surface area (Å²) in [6, 6.07) is 31.4. The summed E-state index contributed by atoms with van der Waals surface area (Å²) in [5, 5.41) is 0.265. The normalized spacial score (nSPS) is 17.4. The SMILES string of the molecule is Nc1nc(Cl)c2ncn(C3C=CC(COC(c4ccccc4)(c4ccccc4)c4ccccc4)C3)c2n1. The van der Waals surface area contributed by atoms with E-state index in [2.05, 4.69) is 99.9 Å². The van der Waals surface area contributed by atoms with Crippen LogP contribution in [-0.4, -0.2) is 26.1 Å². The summed E-state index contributed by atoms with van der Waals surface area (Å²) in [5.74, 6) is 0.340. The highest BCUT2D eigenvalue weighted by molar-refractivity contribution is 6.33. The number of rotatable bonds is 7. The highest BCUT2D eigenvalue weighted by Crippen LogP contribution is 2.42. The van der Waals surface area contributed by atoms with E-state index < -0.39 is 5.60 Å². The third-order valence-electron chi connectivity index (χ3n) is 6.96. The average Bonchev–Trinajstić information content (AvgIpc) is 3.58. The van der Waals surface area contributed by atoms with E-state index in [1.165, 1.54) is 0 Å². The molecule has 3 aromatic carbocycles. The van der Waals surface area contributed by atoms with Gasteiger partial charge in [-0.1, -0.05) is 115 Å². The van der Waals surface area contributed by atoms with Crippen LogP contribution in [0, 0.1) is 5.92 Å². The number of hydrogen-bond donors (Lipinski definition) is 1. The molecule has 1 aliphatic rings. The number of aromatic nitrogens is 4. The lowest BCUT2D eigenvalue weighted by molar-refractivity contribution is -0.00159. The predicted octanol–water partition coefficient (Wildman–Crippen LogP) is 6.19. The van der Waals surface area contributed by atoms with Crippen molar-refractivity contribution in [2.45, 2.75) is 18.1 Å². The molecule has 2 heterocycles. The van der Waals surface area contributed by atoms with Gasteiger partial charge >= 0.3 is 0 Å². The van der Waals surface area contributed by atoms with E-state index in [0.717, 1.165) is 23.1 Å². The highest BCUT2D eigenvalue weighted by Gasteiger charge is 2.38. The first-order valence-corrected chi connectivity index (χ1v) is 12.7. The van der Waals surface area contributed by atoms with Crippen LogP contribution < -0.4 is 5.73 Å². The number of halogens is 1. The summed E-state index contributed by atoms with van der Waals surface area (Å²) in [5.41, 5.74) is 9.58. The fraction of sp³-hybridized carbons (Fsp3) is 0.167. The number of allylic oxidation sites excluding steroid dienone is 1. The molecule has 5 aromatic rings. The molecule has 0 amide bonds. The zero-order valence-electron chi connectivity index (χ0n) is 20.1. The van der Waals surface area contributed by atoms with Crippen molar-refractivity contribution in [2.75, 3.05) is 12.3 Å². The van der Waals surface area contributed by atoms with E-state index in [1.54, 1.807) is 6.33 Å². The largest absolute Gasteiger partial charge is 0.368 e. The quantitative estimate of drug-likeness (QED) is 0.161. The van der Waals surface area contributed by atoms with E-state index >= 15 is 0 Å². The molecule has 2 aromatic heterocycles. The molecule has 37 heavy (non-hydrogen) atoms. The van der Waals surface area contributed by atoms with E-state index in [0.29, 0.717) is 17.8 Å². The lowest BCUT2D eigenvalue weighted by Crippen LogP contribution is -2.34. The van der Waals surface area contributed by atoms with Gasteiger partial charge in [0.05, 0.1) is 19.0 Å². The zero-order chi connectivity index (χ0) is 25.2. The van der Waals surface area contributed by atoms with E-state index in [-0.39, 0.29) is 23.1 Å².